The van der Waals surface area contributed by atoms with Gasteiger partial charge in [0.1, 0.15) is 0 Å². The summed E-state index contributed by atoms with van der Waals surface area (Å²) in [6, 6.07) is 2.78. The first-order valence-electron chi connectivity index (χ1n) is 7.05. The molecule has 1 atom stereocenters. The summed E-state index contributed by atoms with van der Waals surface area (Å²) < 4.78 is 1.96. The van der Waals surface area contributed by atoms with Crippen LogP contribution in [0.2, 0.25) is 0 Å². The monoisotopic (exact) mass is 250 g/mol. The van der Waals surface area contributed by atoms with Crippen LogP contribution in [0.25, 0.3) is 0 Å². The van der Waals surface area contributed by atoms with Crippen molar-refractivity contribution < 1.29 is 0 Å². The fourth-order valence-electron chi connectivity index (χ4n) is 2.63. The van der Waals surface area contributed by atoms with Crippen molar-refractivity contribution in [3.05, 3.63) is 11.8 Å². The molecule has 1 aromatic heterocycles. The number of anilines is 1. The third-order valence-electron chi connectivity index (χ3n) is 3.66. The van der Waals surface area contributed by atoms with Crippen LogP contribution in [0, 0.1) is 12.8 Å². The standard InChI is InChI=1S/C14H26N4/c1-11(2)8-13-10-18(7-5-6-15-13)14-9-12(3)17(4)16-14/h9,11,13,15H,5-8,10H2,1-4H3. The third kappa shape index (κ3) is 3.25. The van der Waals surface area contributed by atoms with Gasteiger partial charge in [-0.05, 0) is 32.2 Å². The summed E-state index contributed by atoms with van der Waals surface area (Å²) in [6.07, 6.45) is 2.44. The van der Waals surface area contributed by atoms with Crippen molar-refractivity contribution in [3.63, 3.8) is 0 Å². The van der Waals surface area contributed by atoms with Crippen molar-refractivity contribution in [1.82, 2.24) is 15.1 Å². The molecule has 1 aromatic rings. The van der Waals surface area contributed by atoms with Crippen LogP contribution in [-0.2, 0) is 7.05 Å². The first-order valence-corrected chi connectivity index (χ1v) is 7.05. The molecule has 0 bridgehead atoms. The largest absolute Gasteiger partial charge is 0.354 e. The van der Waals surface area contributed by atoms with Crippen LogP contribution in [0.5, 0.6) is 0 Å². The first-order chi connectivity index (χ1) is 8.56. The lowest BCUT2D eigenvalue weighted by atomic mass is 10.0. The van der Waals surface area contributed by atoms with Crippen molar-refractivity contribution in [2.45, 2.75) is 39.7 Å². The summed E-state index contributed by atoms with van der Waals surface area (Å²) in [6.45, 7) is 10.0. The third-order valence-corrected chi connectivity index (χ3v) is 3.66. The molecule has 2 heterocycles. The molecule has 0 saturated carbocycles. The molecule has 1 fully saturated rings. The van der Waals surface area contributed by atoms with Gasteiger partial charge in [-0.15, -0.1) is 0 Å². The minimum atomic E-state index is 0.592. The van der Waals surface area contributed by atoms with Gasteiger partial charge >= 0.3 is 0 Å². The Labute approximate surface area is 110 Å². The quantitative estimate of drug-likeness (QED) is 0.890. The molecule has 0 amide bonds. The van der Waals surface area contributed by atoms with E-state index in [1.807, 2.05) is 11.7 Å². The fourth-order valence-corrected chi connectivity index (χ4v) is 2.63. The summed E-state index contributed by atoms with van der Waals surface area (Å²) in [5.74, 6) is 1.88. The molecule has 4 heteroatoms. The molecular formula is C14H26N4. The summed E-state index contributed by atoms with van der Waals surface area (Å²) in [5.41, 5.74) is 1.22. The van der Waals surface area contributed by atoms with Crippen LogP contribution in [-0.4, -0.2) is 35.5 Å². The SMILES string of the molecule is Cc1cc(N2CCCNC(CC(C)C)C2)nn1C. The summed E-state index contributed by atoms with van der Waals surface area (Å²) >= 11 is 0. The van der Waals surface area contributed by atoms with Crippen molar-refractivity contribution >= 4 is 5.82 Å². The molecule has 1 unspecified atom stereocenters. The highest BCUT2D eigenvalue weighted by Crippen LogP contribution is 2.17. The molecule has 2 rings (SSSR count). The van der Waals surface area contributed by atoms with Crippen LogP contribution < -0.4 is 10.2 Å². The number of rotatable bonds is 3. The van der Waals surface area contributed by atoms with E-state index in [0.717, 1.165) is 31.4 Å². The van der Waals surface area contributed by atoms with Gasteiger partial charge in [0.05, 0.1) is 0 Å². The van der Waals surface area contributed by atoms with Crippen LogP contribution in [0.4, 0.5) is 5.82 Å². The minimum absolute atomic E-state index is 0.592. The van der Waals surface area contributed by atoms with Crippen molar-refractivity contribution in [2.75, 3.05) is 24.5 Å². The molecule has 102 valence electrons. The van der Waals surface area contributed by atoms with E-state index < -0.39 is 0 Å². The average Bonchev–Trinajstić information content (AvgIpc) is 2.52. The molecule has 0 aliphatic carbocycles. The molecule has 4 nitrogen and oxygen atoms in total. The Kier molecular flexibility index (Phi) is 4.27. The van der Waals surface area contributed by atoms with Crippen LogP contribution in [0.3, 0.4) is 0 Å². The van der Waals surface area contributed by atoms with Gasteiger partial charge in [-0.3, -0.25) is 4.68 Å². The molecule has 0 aromatic carbocycles. The smallest absolute Gasteiger partial charge is 0.150 e. The predicted octanol–water partition coefficient (Wildman–Crippen LogP) is 1.94. The summed E-state index contributed by atoms with van der Waals surface area (Å²) in [7, 11) is 2.01. The lowest BCUT2D eigenvalue weighted by Gasteiger charge is -2.25. The number of hydrogen-bond acceptors (Lipinski definition) is 3. The van der Waals surface area contributed by atoms with Crippen LogP contribution in [0.15, 0.2) is 6.07 Å². The van der Waals surface area contributed by atoms with Crippen molar-refractivity contribution in [3.8, 4) is 0 Å². The van der Waals surface area contributed by atoms with E-state index in [9.17, 15) is 0 Å². The van der Waals surface area contributed by atoms with E-state index in [1.54, 1.807) is 0 Å². The number of nitrogens with zero attached hydrogens (tertiary/aromatic N) is 3. The molecule has 18 heavy (non-hydrogen) atoms. The predicted molar refractivity (Wildman–Crippen MR) is 76.0 cm³/mol. The van der Waals surface area contributed by atoms with Gasteiger partial charge in [0, 0.05) is 37.9 Å². The molecule has 1 aliphatic heterocycles. The zero-order valence-electron chi connectivity index (χ0n) is 12.1. The zero-order chi connectivity index (χ0) is 13.1. The molecule has 1 aliphatic rings. The first kappa shape index (κ1) is 13.4. The molecule has 0 spiro atoms. The Bertz CT molecular complexity index is 364. The normalized spacial score (nSPS) is 21.4. The Hall–Kier alpha value is -1.03. The lowest BCUT2D eigenvalue weighted by molar-refractivity contribution is 0.436. The van der Waals surface area contributed by atoms with Gasteiger partial charge < -0.3 is 10.2 Å². The van der Waals surface area contributed by atoms with E-state index in [4.69, 9.17) is 0 Å². The van der Waals surface area contributed by atoms with Gasteiger partial charge in [-0.2, -0.15) is 5.10 Å². The lowest BCUT2D eigenvalue weighted by Crippen LogP contribution is -2.38. The van der Waals surface area contributed by atoms with E-state index in [2.05, 4.69) is 42.2 Å². The maximum absolute atomic E-state index is 4.60. The van der Waals surface area contributed by atoms with Gasteiger partial charge in [0.15, 0.2) is 5.82 Å². The number of nitrogens with one attached hydrogen (secondary N) is 1. The highest BCUT2D eigenvalue weighted by molar-refractivity contribution is 5.40. The molecule has 1 N–H and O–H groups in total. The van der Waals surface area contributed by atoms with Gasteiger partial charge in [-0.25, -0.2) is 0 Å². The number of hydrogen-bond donors (Lipinski definition) is 1. The summed E-state index contributed by atoms with van der Waals surface area (Å²) in [4.78, 5) is 2.43. The Morgan fingerprint density at radius 1 is 1.50 bits per heavy atom. The zero-order valence-corrected chi connectivity index (χ0v) is 12.1. The molecular weight excluding hydrogens is 224 g/mol. The second-order valence-corrected chi connectivity index (χ2v) is 5.85. The van der Waals surface area contributed by atoms with Crippen LogP contribution in [0.1, 0.15) is 32.4 Å². The van der Waals surface area contributed by atoms with Crippen molar-refractivity contribution in [2.24, 2.45) is 13.0 Å². The van der Waals surface area contributed by atoms with E-state index in [1.165, 1.54) is 18.5 Å². The Balaban J connectivity index is 2.06. The molecule has 1 saturated heterocycles. The van der Waals surface area contributed by atoms with E-state index in [-0.39, 0.29) is 0 Å². The van der Waals surface area contributed by atoms with E-state index >= 15 is 0 Å². The van der Waals surface area contributed by atoms with Crippen molar-refractivity contribution in [1.29, 1.82) is 0 Å². The Morgan fingerprint density at radius 2 is 2.28 bits per heavy atom. The summed E-state index contributed by atoms with van der Waals surface area (Å²) in [5, 5.41) is 8.26. The van der Waals surface area contributed by atoms with Gasteiger partial charge in [0.25, 0.3) is 0 Å². The number of aromatic nitrogens is 2. The highest BCUT2D eigenvalue weighted by atomic mass is 15.3. The average molecular weight is 250 g/mol. The maximum atomic E-state index is 4.60. The topological polar surface area (TPSA) is 33.1 Å². The van der Waals surface area contributed by atoms with Gasteiger partial charge in [-0.1, -0.05) is 13.8 Å². The maximum Gasteiger partial charge on any atom is 0.150 e. The van der Waals surface area contributed by atoms with Gasteiger partial charge in [0.2, 0.25) is 0 Å². The van der Waals surface area contributed by atoms with Crippen LogP contribution >= 0.6 is 0 Å². The molecule has 0 radical (unpaired) electrons. The highest BCUT2D eigenvalue weighted by Gasteiger charge is 2.20. The number of aryl methyl sites for hydroxylation is 2. The second kappa shape index (κ2) is 5.74. The minimum Gasteiger partial charge on any atom is -0.354 e. The van der Waals surface area contributed by atoms with E-state index in [0.29, 0.717) is 6.04 Å². The second-order valence-electron chi connectivity index (χ2n) is 5.85. The fraction of sp³-hybridized carbons (Fsp3) is 0.786. The Morgan fingerprint density at radius 3 is 2.89 bits per heavy atom.